The van der Waals surface area contributed by atoms with Crippen molar-refractivity contribution in [2.45, 2.75) is 38.8 Å². The lowest BCUT2D eigenvalue weighted by Gasteiger charge is -2.50. The maximum atomic E-state index is 6.14. The summed E-state index contributed by atoms with van der Waals surface area (Å²) in [7, 11) is 0. The van der Waals surface area contributed by atoms with Crippen molar-refractivity contribution in [3.8, 4) is 5.75 Å². The topological polar surface area (TPSA) is 47.5 Å². The average Bonchev–Trinajstić information content (AvgIpc) is 3.05. The lowest BCUT2D eigenvalue weighted by molar-refractivity contribution is -0.141. The average molecular weight is 359 g/mol. The molecule has 0 spiro atoms. The number of rotatable bonds is 5. The Balaban J connectivity index is 1.46. The summed E-state index contributed by atoms with van der Waals surface area (Å²) in [5, 5.41) is 3.32. The van der Waals surface area contributed by atoms with Gasteiger partial charge in [-0.05, 0) is 38.3 Å². The van der Waals surface area contributed by atoms with Crippen LogP contribution in [-0.2, 0) is 11.3 Å². The molecule has 2 aromatic rings. The molecule has 2 atom stereocenters. The first-order chi connectivity index (χ1) is 12.2. The van der Waals surface area contributed by atoms with Gasteiger partial charge in [-0.25, -0.2) is 4.98 Å². The number of hydrogen-bond donors (Lipinski definition) is 0. The first-order valence-corrected chi connectivity index (χ1v) is 9.89. The maximum Gasteiger partial charge on any atom is 0.137 e. The molecule has 0 N–H and O–H groups in total. The van der Waals surface area contributed by atoms with E-state index in [-0.39, 0.29) is 5.41 Å². The fourth-order valence-electron chi connectivity index (χ4n) is 4.10. The summed E-state index contributed by atoms with van der Waals surface area (Å²) < 4.78 is 12.3. The highest BCUT2D eigenvalue weighted by molar-refractivity contribution is 7.09. The Hall–Kier alpha value is -1.50. The number of aryl methyl sites for hydroxylation is 1. The van der Waals surface area contributed by atoms with E-state index >= 15 is 0 Å². The second-order valence-electron chi connectivity index (χ2n) is 7.16. The number of ether oxygens (including phenoxy) is 2. The van der Waals surface area contributed by atoms with Gasteiger partial charge < -0.3 is 9.47 Å². The van der Waals surface area contributed by atoms with Crippen LogP contribution in [0.3, 0.4) is 0 Å². The zero-order valence-corrected chi connectivity index (χ0v) is 15.5. The van der Waals surface area contributed by atoms with Gasteiger partial charge in [0.05, 0.1) is 29.6 Å². The van der Waals surface area contributed by atoms with E-state index in [1.807, 2.05) is 12.1 Å². The number of thiazole rings is 1. The summed E-state index contributed by atoms with van der Waals surface area (Å²) in [5.74, 6) is 0.841. The van der Waals surface area contributed by atoms with Crippen molar-refractivity contribution >= 4 is 11.3 Å². The second-order valence-corrected chi connectivity index (χ2v) is 8.22. The van der Waals surface area contributed by atoms with Crippen LogP contribution < -0.4 is 4.74 Å². The number of aromatic nitrogens is 2. The van der Waals surface area contributed by atoms with Crippen LogP contribution in [0.25, 0.3) is 0 Å². The highest BCUT2D eigenvalue weighted by Gasteiger charge is 2.46. The molecule has 2 saturated heterocycles. The summed E-state index contributed by atoms with van der Waals surface area (Å²) in [5.41, 5.74) is 1.25. The van der Waals surface area contributed by atoms with Gasteiger partial charge in [0, 0.05) is 43.2 Å². The molecule has 0 saturated carbocycles. The van der Waals surface area contributed by atoms with Gasteiger partial charge in [-0.3, -0.25) is 9.88 Å². The van der Waals surface area contributed by atoms with Crippen LogP contribution in [0, 0.1) is 12.3 Å². The van der Waals surface area contributed by atoms with Crippen LogP contribution in [0.2, 0.25) is 0 Å². The predicted molar refractivity (Wildman–Crippen MR) is 97.9 cm³/mol. The Labute approximate surface area is 153 Å². The molecule has 0 unspecified atom stereocenters. The minimum Gasteiger partial charge on any atom is -0.491 e. The van der Waals surface area contributed by atoms with Crippen molar-refractivity contribution in [2.75, 3.05) is 26.3 Å². The number of piperidine rings is 1. The minimum absolute atomic E-state index is 0.0669. The van der Waals surface area contributed by atoms with Crippen molar-refractivity contribution < 1.29 is 9.47 Å². The summed E-state index contributed by atoms with van der Waals surface area (Å²) in [4.78, 5) is 11.3. The van der Waals surface area contributed by atoms with Crippen molar-refractivity contribution in [2.24, 2.45) is 5.41 Å². The van der Waals surface area contributed by atoms with Crippen LogP contribution in [0.5, 0.6) is 5.75 Å². The fourth-order valence-corrected chi connectivity index (χ4v) is 4.70. The van der Waals surface area contributed by atoms with E-state index in [4.69, 9.17) is 9.47 Å². The Kier molecular flexibility index (Phi) is 5.01. The molecule has 0 aromatic carbocycles. The number of likely N-dealkylation sites (tertiary alicyclic amines) is 1. The van der Waals surface area contributed by atoms with E-state index in [1.54, 1.807) is 23.7 Å². The molecule has 2 aromatic heterocycles. The third-order valence-corrected chi connectivity index (χ3v) is 6.10. The fraction of sp³-hybridized carbons (Fsp3) is 0.579. The van der Waals surface area contributed by atoms with Gasteiger partial charge >= 0.3 is 0 Å². The van der Waals surface area contributed by atoms with Crippen molar-refractivity contribution in [3.05, 3.63) is 40.6 Å². The van der Waals surface area contributed by atoms with Crippen LogP contribution >= 0.6 is 11.3 Å². The zero-order valence-electron chi connectivity index (χ0n) is 14.7. The van der Waals surface area contributed by atoms with Crippen LogP contribution in [0.4, 0.5) is 0 Å². The highest BCUT2D eigenvalue weighted by atomic mass is 32.1. The number of pyridine rings is 1. The molecular weight excluding hydrogens is 334 g/mol. The number of nitrogens with zero attached hydrogens (tertiary/aromatic N) is 3. The summed E-state index contributed by atoms with van der Waals surface area (Å²) in [6, 6.07) is 3.89. The Bertz CT molecular complexity index is 693. The predicted octanol–water partition coefficient (Wildman–Crippen LogP) is 3.30. The van der Waals surface area contributed by atoms with Gasteiger partial charge in [0.2, 0.25) is 0 Å². The first-order valence-electron chi connectivity index (χ1n) is 9.01. The second kappa shape index (κ2) is 7.40. The molecule has 0 bridgehead atoms. The van der Waals surface area contributed by atoms with Crippen molar-refractivity contribution in [1.29, 1.82) is 0 Å². The molecule has 0 radical (unpaired) electrons. The summed E-state index contributed by atoms with van der Waals surface area (Å²) in [6.45, 7) is 6.63. The molecule has 4 rings (SSSR count). The molecule has 2 aliphatic rings. The molecule has 2 fully saturated rings. The van der Waals surface area contributed by atoms with Crippen molar-refractivity contribution in [1.82, 2.24) is 14.9 Å². The van der Waals surface area contributed by atoms with Gasteiger partial charge in [0.1, 0.15) is 5.75 Å². The molecular formula is C19H25N3O2S. The standard InChI is InChI=1S/C19H25N3O2S/c1-15-21-16(12-25-15)11-22-8-5-18-19(13-22,6-3-9-23-18)14-24-17-4-2-7-20-10-17/h2,4,7,10,12,18H,3,5-6,8-9,11,13-14H2,1H3/t18-,19-/m0/s1. The maximum absolute atomic E-state index is 6.14. The SMILES string of the molecule is Cc1nc(CN2CC[C@@H]3OCCC[C@@]3(COc3cccnc3)C2)cs1. The normalized spacial score (nSPS) is 27.0. The van der Waals surface area contributed by atoms with Gasteiger partial charge in [0.15, 0.2) is 0 Å². The summed E-state index contributed by atoms with van der Waals surface area (Å²) in [6.07, 6.45) is 7.19. The molecule has 25 heavy (non-hydrogen) atoms. The molecule has 0 amide bonds. The zero-order chi connectivity index (χ0) is 17.1. The van der Waals surface area contributed by atoms with E-state index in [1.165, 1.54) is 5.69 Å². The lowest BCUT2D eigenvalue weighted by atomic mass is 9.73. The minimum atomic E-state index is 0.0669. The molecule has 4 heterocycles. The molecule has 134 valence electrons. The largest absolute Gasteiger partial charge is 0.491 e. The highest BCUT2D eigenvalue weighted by Crippen LogP contribution is 2.41. The van der Waals surface area contributed by atoms with Gasteiger partial charge in [-0.15, -0.1) is 11.3 Å². The molecule has 5 nitrogen and oxygen atoms in total. The van der Waals surface area contributed by atoms with Crippen molar-refractivity contribution in [3.63, 3.8) is 0 Å². The third kappa shape index (κ3) is 3.86. The van der Waals surface area contributed by atoms with Crippen LogP contribution in [0.1, 0.15) is 30.0 Å². The van der Waals surface area contributed by atoms with E-state index in [2.05, 4.69) is 27.2 Å². The molecule has 0 aliphatic carbocycles. The van der Waals surface area contributed by atoms with Crippen LogP contribution in [-0.4, -0.2) is 47.3 Å². The first kappa shape index (κ1) is 16.9. The van der Waals surface area contributed by atoms with Gasteiger partial charge in [-0.1, -0.05) is 0 Å². The number of fused-ring (bicyclic) bond motifs is 1. The Morgan fingerprint density at radius 1 is 1.48 bits per heavy atom. The van der Waals surface area contributed by atoms with E-state index in [9.17, 15) is 0 Å². The Morgan fingerprint density at radius 2 is 2.44 bits per heavy atom. The molecule has 2 aliphatic heterocycles. The molecule has 6 heteroatoms. The number of hydrogen-bond acceptors (Lipinski definition) is 6. The summed E-state index contributed by atoms with van der Waals surface area (Å²) >= 11 is 1.73. The smallest absolute Gasteiger partial charge is 0.137 e. The monoisotopic (exact) mass is 359 g/mol. The van der Waals surface area contributed by atoms with Gasteiger partial charge in [-0.2, -0.15) is 0 Å². The third-order valence-electron chi connectivity index (χ3n) is 5.28. The van der Waals surface area contributed by atoms with E-state index in [0.29, 0.717) is 12.7 Å². The van der Waals surface area contributed by atoms with E-state index in [0.717, 1.165) is 56.3 Å². The quantitative estimate of drug-likeness (QED) is 0.820. The van der Waals surface area contributed by atoms with E-state index < -0.39 is 0 Å². The van der Waals surface area contributed by atoms with Crippen LogP contribution in [0.15, 0.2) is 29.9 Å². The Morgan fingerprint density at radius 3 is 3.24 bits per heavy atom. The van der Waals surface area contributed by atoms with Gasteiger partial charge in [0.25, 0.3) is 0 Å². The lowest BCUT2D eigenvalue weighted by Crippen LogP contribution is -2.57.